The van der Waals surface area contributed by atoms with Crippen molar-refractivity contribution in [1.82, 2.24) is 15.3 Å². The molecule has 0 fully saturated rings. The number of anilines is 1. The Hall–Kier alpha value is -2.43. The fraction of sp³-hybridized carbons (Fsp3) is 0.312. The highest BCUT2D eigenvalue weighted by atomic mass is 16.1. The van der Waals surface area contributed by atoms with Gasteiger partial charge in [0.2, 0.25) is 5.95 Å². The summed E-state index contributed by atoms with van der Waals surface area (Å²) in [4.78, 5) is 20.4. The summed E-state index contributed by atoms with van der Waals surface area (Å²) < 4.78 is 0. The van der Waals surface area contributed by atoms with Crippen molar-refractivity contribution in [1.29, 1.82) is 0 Å². The van der Waals surface area contributed by atoms with E-state index in [9.17, 15) is 4.79 Å². The predicted octanol–water partition coefficient (Wildman–Crippen LogP) is 2.54. The van der Waals surface area contributed by atoms with Crippen molar-refractivity contribution in [3.63, 3.8) is 0 Å². The molecule has 1 heterocycles. The summed E-state index contributed by atoms with van der Waals surface area (Å²) in [6.45, 7) is 6.50. The van der Waals surface area contributed by atoms with Gasteiger partial charge in [0.25, 0.3) is 5.91 Å². The van der Waals surface area contributed by atoms with Crippen molar-refractivity contribution in [2.24, 2.45) is 0 Å². The molecule has 0 atom stereocenters. The van der Waals surface area contributed by atoms with Crippen molar-refractivity contribution in [2.75, 3.05) is 5.32 Å². The number of carbonyl (C=O) groups is 1. The summed E-state index contributed by atoms with van der Waals surface area (Å²) in [6.07, 6.45) is 1.58. The van der Waals surface area contributed by atoms with Gasteiger partial charge in [0.15, 0.2) is 0 Å². The Morgan fingerprint density at radius 2 is 2.10 bits per heavy atom. The zero-order valence-corrected chi connectivity index (χ0v) is 12.6. The molecule has 0 aliphatic rings. The fourth-order valence-electron chi connectivity index (χ4n) is 1.91. The Bertz CT molecular complexity index is 625. The minimum Gasteiger partial charge on any atom is -0.352 e. The van der Waals surface area contributed by atoms with E-state index in [2.05, 4.69) is 20.6 Å². The van der Waals surface area contributed by atoms with Crippen molar-refractivity contribution in [3.05, 3.63) is 53.3 Å². The van der Waals surface area contributed by atoms with E-state index in [-0.39, 0.29) is 11.9 Å². The number of carbonyl (C=O) groups excluding carboxylic acids is 1. The summed E-state index contributed by atoms with van der Waals surface area (Å²) in [7, 11) is 0. The van der Waals surface area contributed by atoms with Crippen LogP contribution in [0.4, 0.5) is 5.95 Å². The molecule has 0 saturated carbocycles. The standard InChI is InChI=1S/C16H20N4O/c1-11(2)19-16-17-8-7-14(20-16)15(21)18-10-13-6-4-5-12(3)9-13/h4-9,11H,10H2,1-3H3,(H,18,21)(H,17,19,20). The molecule has 110 valence electrons. The number of aromatic nitrogens is 2. The zero-order valence-electron chi connectivity index (χ0n) is 12.6. The molecule has 2 N–H and O–H groups in total. The number of aryl methyl sites for hydroxylation is 1. The summed E-state index contributed by atoms with van der Waals surface area (Å²) in [5.41, 5.74) is 2.60. The molecule has 0 bridgehead atoms. The van der Waals surface area contributed by atoms with Gasteiger partial charge in [0.1, 0.15) is 5.69 Å². The summed E-state index contributed by atoms with van der Waals surface area (Å²) in [6, 6.07) is 9.86. The lowest BCUT2D eigenvalue weighted by Crippen LogP contribution is -2.24. The van der Waals surface area contributed by atoms with Gasteiger partial charge in [-0.05, 0) is 32.4 Å². The molecule has 0 unspecified atom stereocenters. The summed E-state index contributed by atoms with van der Waals surface area (Å²) in [5, 5.41) is 5.95. The van der Waals surface area contributed by atoms with Crippen molar-refractivity contribution >= 4 is 11.9 Å². The molecule has 5 heteroatoms. The number of rotatable bonds is 5. The van der Waals surface area contributed by atoms with Crippen LogP contribution in [0.1, 0.15) is 35.5 Å². The number of amides is 1. The van der Waals surface area contributed by atoms with Crippen LogP contribution in [0.5, 0.6) is 0 Å². The van der Waals surface area contributed by atoms with Crippen LogP contribution in [-0.4, -0.2) is 21.9 Å². The number of hydrogen-bond donors (Lipinski definition) is 2. The second kappa shape index (κ2) is 6.83. The second-order valence-electron chi connectivity index (χ2n) is 5.24. The first-order chi connectivity index (χ1) is 10.0. The Balaban J connectivity index is 2.00. The number of hydrogen-bond acceptors (Lipinski definition) is 4. The second-order valence-corrected chi connectivity index (χ2v) is 5.24. The first-order valence-electron chi connectivity index (χ1n) is 6.98. The highest BCUT2D eigenvalue weighted by Crippen LogP contribution is 2.05. The summed E-state index contributed by atoms with van der Waals surface area (Å²) >= 11 is 0. The van der Waals surface area contributed by atoms with Gasteiger partial charge in [-0.1, -0.05) is 29.8 Å². The van der Waals surface area contributed by atoms with E-state index in [0.717, 1.165) is 5.56 Å². The van der Waals surface area contributed by atoms with E-state index >= 15 is 0 Å². The smallest absolute Gasteiger partial charge is 0.270 e. The first-order valence-corrected chi connectivity index (χ1v) is 6.98. The van der Waals surface area contributed by atoms with Crippen LogP contribution in [0.15, 0.2) is 36.5 Å². The quantitative estimate of drug-likeness (QED) is 0.885. The van der Waals surface area contributed by atoms with Crippen LogP contribution in [0.25, 0.3) is 0 Å². The molecule has 0 radical (unpaired) electrons. The van der Waals surface area contributed by atoms with Crippen molar-refractivity contribution < 1.29 is 4.79 Å². The molecule has 1 aromatic heterocycles. The van der Waals surface area contributed by atoms with Crippen LogP contribution >= 0.6 is 0 Å². The first kappa shape index (κ1) is 15.0. The molecule has 0 saturated heterocycles. The lowest BCUT2D eigenvalue weighted by molar-refractivity contribution is 0.0946. The van der Waals surface area contributed by atoms with Crippen LogP contribution in [-0.2, 0) is 6.54 Å². The zero-order chi connectivity index (χ0) is 15.2. The Morgan fingerprint density at radius 3 is 2.81 bits per heavy atom. The lowest BCUT2D eigenvalue weighted by atomic mass is 10.1. The Morgan fingerprint density at radius 1 is 1.29 bits per heavy atom. The number of nitrogens with one attached hydrogen (secondary N) is 2. The molecule has 21 heavy (non-hydrogen) atoms. The van der Waals surface area contributed by atoms with E-state index in [1.165, 1.54) is 5.56 Å². The molecule has 0 spiro atoms. The molecule has 1 aromatic carbocycles. The largest absolute Gasteiger partial charge is 0.352 e. The Labute approximate surface area is 124 Å². The van der Waals surface area contributed by atoms with Gasteiger partial charge in [0.05, 0.1) is 0 Å². The van der Waals surface area contributed by atoms with Crippen LogP contribution in [0.2, 0.25) is 0 Å². The number of nitrogens with zero attached hydrogens (tertiary/aromatic N) is 2. The lowest BCUT2D eigenvalue weighted by Gasteiger charge is -2.09. The molecule has 2 aromatic rings. The van der Waals surface area contributed by atoms with Crippen LogP contribution < -0.4 is 10.6 Å². The van der Waals surface area contributed by atoms with E-state index in [0.29, 0.717) is 18.2 Å². The fourth-order valence-corrected chi connectivity index (χ4v) is 1.91. The molecule has 0 aliphatic carbocycles. The van der Waals surface area contributed by atoms with Gasteiger partial charge >= 0.3 is 0 Å². The number of benzene rings is 1. The SMILES string of the molecule is Cc1cccc(CNC(=O)c2ccnc(NC(C)C)n2)c1. The van der Waals surface area contributed by atoms with Crippen molar-refractivity contribution in [3.8, 4) is 0 Å². The molecule has 0 aliphatic heterocycles. The average Bonchev–Trinajstić information content (AvgIpc) is 2.44. The molecule has 2 rings (SSSR count). The van der Waals surface area contributed by atoms with Gasteiger partial charge in [-0.25, -0.2) is 9.97 Å². The van der Waals surface area contributed by atoms with Gasteiger partial charge in [-0.15, -0.1) is 0 Å². The van der Waals surface area contributed by atoms with Gasteiger partial charge < -0.3 is 10.6 Å². The van der Waals surface area contributed by atoms with Gasteiger partial charge in [-0.3, -0.25) is 4.79 Å². The van der Waals surface area contributed by atoms with Crippen molar-refractivity contribution in [2.45, 2.75) is 33.4 Å². The highest BCUT2D eigenvalue weighted by Gasteiger charge is 2.09. The van der Waals surface area contributed by atoms with E-state index in [1.54, 1.807) is 12.3 Å². The minimum absolute atomic E-state index is 0.203. The maximum absolute atomic E-state index is 12.1. The van der Waals surface area contributed by atoms with Crippen LogP contribution in [0, 0.1) is 6.92 Å². The highest BCUT2D eigenvalue weighted by molar-refractivity contribution is 5.92. The monoisotopic (exact) mass is 284 g/mol. The minimum atomic E-state index is -0.203. The predicted molar refractivity (Wildman–Crippen MR) is 83.1 cm³/mol. The summed E-state index contributed by atoms with van der Waals surface area (Å²) in [5.74, 6) is 0.263. The normalized spacial score (nSPS) is 10.5. The third-order valence-electron chi connectivity index (χ3n) is 2.84. The van der Waals surface area contributed by atoms with Crippen LogP contribution in [0.3, 0.4) is 0 Å². The average molecular weight is 284 g/mol. The molecular formula is C16H20N4O. The molecule has 5 nitrogen and oxygen atoms in total. The molecule has 1 amide bonds. The Kier molecular flexibility index (Phi) is 4.87. The maximum Gasteiger partial charge on any atom is 0.270 e. The topological polar surface area (TPSA) is 66.9 Å². The van der Waals surface area contributed by atoms with Gasteiger partial charge in [0, 0.05) is 18.8 Å². The third-order valence-corrected chi connectivity index (χ3v) is 2.84. The molecular weight excluding hydrogens is 264 g/mol. The van der Waals surface area contributed by atoms with E-state index in [1.807, 2.05) is 45.0 Å². The van der Waals surface area contributed by atoms with E-state index in [4.69, 9.17) is 0 Å². The van der Waals surface area contributed by atoms with Gasteiger partial charge in [-0.2, -0.15) is 0 Å². The maximum atomic E-state index is 12.1. The van der Waals surface area contributed by atoms with E-state index < -0.39 is 0 Å². The third kappa shape index (κ3) is 4.56.